The predicted molar refractivity (Wildman–Crippen MR) is 116 cm³/mol. The molecule has 0 saturated heterocycles. The van der Waals surface area contributed by atoms with Crippen molar-refractivity contribution in [1.82, 2.24) is 9.88 Å². The van der Waals surface area contributed by atoms with Crippen molar-refractivity contribution in [3.05, 3.63) is 62.7 Å². The molecule has 1 N–H and O–H groups in total. The monoisotopic (exact) mass is 444 g/mol. The summed E-state index contributed by atoms with van der Waals surface area (Å²) in [4.78, 5) is 0. The molecule has 0 aliphatic carbocycles. The first-order valence-corrected chi connectivity index (χ1v) is 9.85. The lowest BCUT2D eigenvalue weighted by molar-refractivity contribution is 0.299. The normalized spacial score (nSPS) is 13.7. The molecule has 0 spiro atoms. The molecule has 2 heterocycles. The van der Waals surface area contributed by atoms with E-state index in [0.29, 0.717) is 21.7 Å². The van der Waals surface area contributed by atoms with Gasteiger partial charge in [-0.25, -0.2) is 0 Å². The maximum absolute atomic E-state index is 6.30. The fourth-order valence-electron chi connectivity index (χ4n) is 3.62. The summed E-state index contributed by atoms with van der Waals surface area (Å²) in [6.07, 6.45) is 1.98. The van der Waals surface area contributed by atoms with Crippen LogP contribution in [0.25, 0.3) is 10.9 Å². The minimum Gasteiger partial charge on any atom is -0.492 e. The van der Waals surface area contributed by atoms with Crippen LogP contribution < -0.4 is 10.1 Å². The van der Waals surface area contributed by atoms with Crippen LogP contribution in [0.15, 0.2) is 36.4 Å². The van der Waals surface area contributed by atoms with Crippen LogP contribution in [0.5, 0.6) is 5.75 Å². The molecule has 0 bridgehead atoms. The summed E-state index contributed by atoms with van der Waals surface area (Å²) in [5.41, 5.74) is 3.85. The number of rotatable bonds is 4. The maximum Gasteiger partial charge on any atom is 0.119 e. The fourth-order valence-corrected chi connectivity index (χ4v) is 4.06. The van der Waals surface area contributed by atoms with Gasteiger partial charge in [-0.05, 0) is 54.9 Å². The quantitative estimate of drug-likeness (QED) is 0.549. The summed E-state index contributed by atoms with van der Waals surface area (Å²) < 4.78 is 8.23. The van der Waals surface area contributed by atoms with Gasteiger partial charge in [0.15, 0.2) is 0 Å². The van der Waals surface area contributed by atoms with E-state index in [2.05, 4.69) is 9.88 Å². The second kappa shape index (κ2) is 8.93. The number of hydrogen-bond donors (Lipinski definition) is 1. The molecule has 0 atom stereocenters. The predicted octanol–water partition coefficient (Wildman–Crippen LogP) is 5.79. The third kappa shape index (κ3) is 4.33. The molecule has 0 amide bonds. The molecule has 3 nitrogen and oxygen atoms in total. The number of hydrogen-bond acceptors (Lipinski definition) is 2. The van der Waals surface area contributed by atoms with Crippen molar-refractivity contribution in [3.8, 4) is 5.75 Å². The van der Waals surface area contributed by atoms with Crippen molar-refractivity contribution in [3.63, 3.8) is 0 Å². The second-order valence-electron chi connectivity index (χ2n) is 6.41. The van der Waals surface area contributed by atoms with E-state index in [1.54, 1.807) is 0 Å². The number of halogens is 4. The van der Waals surface area contributed by atoms with Crippen molar-refractivity contribution >= 4 is 58.1 Å². The standard InChI is InChI=1S/C20H19Cl3N2O.ClH/c21-13-1-3-14(4-2-13)26-10-9-25-19-6-8-24-7-5-15(19)16-11-17(22)18(23)12-20(16)25;/h1-4,11-12,24H,5-10H2;1H. The van der Waals surface area contributed by atoms with Gasteiger partial charge in [0, 0.05) is 29.1 Å². The molecule has 144 valence electrons. The van der Waals surface area contributed by atoms with Gasteiger partial charge in [0.2, 0.25) is 0 Å². The van der Waals surface area contributed by atoms with Gasteiger partial charge in [-0.1, -0.05) is 34.8 Å². The highest BCUT2D eigenvalue weighted by Crippen LogP contribution is 2.34. The van der Waals surface area contributed by atoms with Gasteiger partial charge in [-0.15, -0.1) is 12.4 Å². The van der Waals surface area contributed by atoms with E-state index in [4.69, 9.17) is 39.5 Å². The van der Waals surface area contributed by atoms with Crippen LogP contribution in [0.3, 0.4) is 0 Å². The van der Waals surface area contributed by atoms with Gasteiger partial charge in [-0.3, -0.25) is 0 Å². The Morgan fingerprint density at radius 2 is 1.67 bits per heavy atom. The van der Waals surface area contributed by atoms with Gasteiger partial charge in [0.1, 0.15) is 12.4 Å². The van der Waals surface area contributed by atoms with E-state index in [0.717, 1.165) is 43.7 Å². The Hall–Kier alpha value is -1.10. The Morgan fingerprint density at radius 1 is 0.963 bits per heavy atom. The molecular weight excluding hydrogens is 426 g/mol. The average molecular weight is 446 g/mol. The molecule has 0 saturated carbocycles. The van der Waals surface area contributed by atoms with E-state index in [9.17, 15) is 0 Å². The van der Waals surface area contributed by atoms with Crippen molar-refractivity contribution in [2.75, 3.05) is 19.7 Å². The van der Waals surface area contributed by atoms with Crippen molar-refractivity contribution in [2.45, 2.75) is 19.4 Å². The fraction of sp³-hybridized carbons (Fsp3) is 0.300. The number of nitrogens with zero attached hydrogens (tertiary/aromatic N) is 1. The van der Waals surface area contributed by atoms with Crippen LogP contribution in [-0.4, -0.2) is 24.3 Å². The first-order chi connectivity index (χ1) is 12.6. The molecule has 1 aliphatic rings. The summed E-state index contributed by atoms with van der Waals surface area (Å²) >= 11 is 18.5. The first-order valence-electron chi connectivity index (χ1n) is 8.71. The highest BCUT2D eigenvalue weighted by atomic mass is 35.5. The maximum atomic E-state index is 6.30. The van der Waals surface area contributed by atoms with Crippen molar-refractivity contribution in [1.29, 1.82) is 0 Å². The molecule has 0 fully saturated rings. The average Bonchev–Trinajstić information content (AvgIpc) is 2.79. The van der Waals surface area contributed by atoms with Crippen LogP contribution >= 0.6 is 47.2 Å². The van der Waals surface area contributed by atoms with Gasteiger partial charge in [-0.2, -0.15) is 0 Å². The molecule has 3 aromatic rings. The Kier molecular flexibility index (Phi) is 6.83. The lowest BCUT2D eigenvalue weighted by Gasteiger charge is -2.12. The number of fused-ring (bicyclic) bond motifs is 3. The van der Waals surface area contributed by atoms with Crippen LogP contribution in [0.1, 0.15) is 11.3 Å². The first kappa shape index (κ1) is 20.6. The molecule has 0 radical (unpaired) electrons. The number of ether oxygens (including phenoxy) is 1. The third-order valence-electron chi connectivity index (χ3n) is 4.82. The van der Waals surface area contributed by atoms with E-state index in [1.165, 1.54) is 16.6 Å². The molecule has 4 rings (SSSR count). The summed E-state index contributed by atoms with van der Waals surface area (Å²) in [5, 5.41) is 6.57. The topological polar surface area (TPSA) is 26.2 Å². The minimum absolute atomic E-state index is 0. The van der Waals surface area contributed by atoms with Gasteiger partial charge >= 0.3 is 0 Å². The zero-order chi connectivity index (χ0) is 18.1. The lowest BCUT2D eigenvalue weighted by Crippen LogP contribution is -2.18. The number of benzene rings is 2. The SMILES string of the molecule is Cl.Clc1ccc(OCCn2c3c(c4cc(Cl)c(Cl)cc42)CCNCC3)cc1. The number of aromatic nitrogens is 1. The second-order valence-corrected chi connectivity index (χ2v) is 7.66. The van der Waals surface area contributed by atoms with Crippen LogP contribution in [0.4, 0.5) is 0 Å². The number of nitrogens with one attached hydrogen (secondary N) is 1. The molecule has 1 aromatic heterocycles. The smallest absolute Gasteiger partial charge is 0.119 e. The Labute approximate surface area is 179 Å². The minimum atomic E-state index is 0. The van der Waals surface area contributed by atoms with E-state index in [1.807, 2.05) is 36.4 Å². The third-order valence-corrected chi connectivity index (χ3v) is 5.79. The Balaban J connectivity index is 0.00000210. The molecule has 1 aliphatic heterocycles. The van der Waals surface area contributed by atoms with Crippen LogP contribution in [0.2, 0.25) is 15.1 Å². The van der Waals surface area contributed by atoms with E-state index >= 15 is 0 Å². The van der Waals surface area contributed by atoms with Gasteiger partial charge in [0.25, 0.3) is 0 Å². The molecular formula is C20H20Cl4N2O. The van der Waals surface area contributed by atoms with Gasteiger partial charge in [0.05, 0.1) is 22.1 Å². The highest BCUT2D eigenvalue weighted by molar-refractivity contribution is 6.42. The van der Waals surface area contributed by atoms with Crippen LogP contribution in [0, 0.1) is 0 Å². The summed E-state index contributed by atoms with van der Waals surface area (Å²) in [5.74, 6) is 0.819. The Bertz CT molecular complexity index is 938. The summed E-state index contributed by atoms with van der Waals surface area (Å²) in [7, 11) is 0. The largest absolute Gasteiger partial charge is 0.492 e. The van der Waals surface area contributed by atoms with Gasteiger partial charge < -0.3 is 14.6 Å². The van der Waals surface area contributed by atoms with E-state index < -0.39 is 0 Å². The lowest BCUT2D eigenvalue weighted by atomic mass is 10.1. The van der Waals surface area contributed by atoms with Crippen LogP contribution in [-0.2, 0) is 19.4 Å². The molecule has 2 aromatic carbocycles. The Morgan fingerprint density at radius 3 is 2.44 bits per heavy atom. The molecule has 7 heteroatoms. The summed E-state index contributed by atoms with van der Waals surface area (Å²) in [6.45, 7) is 3.29. The molecule has 27 heavy (non-hydrogen) atoms. The van der Waals surface area contributed by atoms with Crippen molar-refractivity contribution in [2.24, 2.45) is 0 Å². The van der Waals surface area contributed by atoms with E-state index in [-0.39, 0.29) is 12.4 Å². The van der Waals surface area contributed by atoms with Crippen molar-refractivity contribution < 1.29 is 4.74 Å². The highest BCUT2D eigenvalue weighted by Gasteiger charge is 2.20. The molecule has 0 unspecified atom stereocenters. The zero-order valence-electron chi connectivity index (χ0n) is 14.6. The summed E-state index contributed by atoms with van der Waals surface area (Å²) in [6, 6.07) is 11.4. The zero-order valence-corrected chi connectivity index (χ0v) is 17.7.